The molecule has 1 heterocycles. The highest BCUT2D eigenvalue weighted by atomic mass is 32.1. The normalized spacial score (nSPS) is 15.9. The van der Waals surface area contributed by atoms with E-state index in [2.05, 4.69) is 27.6 Å². The lowest BCUT2D eigenvalue weighted by molar-refractivity contribution is 0.144. The fourth-order valence-electron chi connectivity index (χ4n) is 2.50. The van der Waals surface area contributed by atoms with Gasteiger partial charge in [0.2, 0.25) is 0 Å². The van der Waals surface area contributed by atoms with E-state index >= 15 is 0 Å². The average Bonchev–Trinajstić information content (AvgIpc) is 2.57. The van der Waals surface area contributed by atoms with Crippen molar-refractivity contribution in [2.24, 2.45) is 10.8 Å². The number of methoxy groups -OCH3 is 1. The molecule has 0 aliphatic carbocycles. The maximum Gasteiger partial charge on any atom is 0.184 e. The molecule has 2 rings (SSSR count). The summed E-state index contributed by atoms with van der Waals surface area (Å²) in [4.78, 5) is 4.08. The number of halogens is 2. The predicted octanol–water partition coefficient (Wildman–Crippen LogP) is 0.900. The molecular formula is C15H21F2N5OS. The van der Waals surface area contributed by atoms with Gasteiger partial charge in [0.1, 0.15) is 0 Å². The van der Waals surface area contributed by atoms with Gasteiger partial charge < -0.3 is 15.4 Å². The molecule has 9 heteroatoms. The Labute approximate surface area is 145 Å². The lowest BCUT2D eigenvalue weighted by Crippen LogP contribution is -2.47. The Bertz CT molecular complexity index is 606. The molecule has 0 aromatic heterocycles. The first kappa shape index (κ1) is 18.5. The van der Waals surface area contributed by atoms with Gasteiger partial charge >= 0.3 is 0 Å². The lowest BCUT2D eigenvalue weighted by Gasteiger charge is -2.36. The average molecular weight is 357 g/mol. The zero-order valence-corrected chi connectivity index (χ0v) is 14.3. The van der Waals surface area contributed by atoms with Gasteiger partial charge in [0.05, 0.1) is 18.5 Å². The molecule has 3 N–H and O–H groups in total. The summed E-state index contributed by atoms with van der Waals surface area (Å²) in [6.07, 6.45) is 1.14. The van der Waals surface area contributed by atoms with Crippen molar-refractivity contribution < 1.29 is 13.5 Å². The van der Waals surface area contributed by atoms with Gasteiger partial charge in [-0.1, -0.05) is 0 Å². The summed E-state index contributed by atoms with van der Waals surface area (Å²) in [5.74, 6) is -1.82. The first-order valence-electron chi connectivity index (χ1n) is 7.55. The monoisotopic (exact) mass is 357 g/mol. The zero-order valence-electron chi connectivity index (χ0n) is 13.5. The minimum Gasteiger partial charge on any atom is -0.383 e. The Morgan fingerprint density at radius 3 is 2.67 bits per heavy atom. The summed E-state index contributed by atoms with van der Waals surface area (Å²) in [7, 11) is 1.66. The number of rotatable bonds is 6. The van der Waals surface area contributed by atoms with Crippen molar-refractivity contribution in [3.63, 3.8) is 0 Å². The van der Waals surface area contributed by atoms with E-state index in [0.29, 0.717) is 19.7 Å². The number of nitrogens with zero attached hydrogens (tertiary/aromatic N) is 3. The number of hydrogen-bond acceptors (Lipinski definition) is 5. The van der Waals surface area contributed by atoms with Crippen LogP contribution in [0.25, 0.3) is 0 Å². The van der Waals surface area contributed by atoms with Crippen LogP contribution in [0.15, 0.2) is 17.2 Å². The van der Waals surface area contributed by atoms with Crippen molar-refractivity contribution >= 4 is 29.2 Å². The standard InChI is InChI=1S/C15H21F2N5OS/c1-23-9-8-21-4-6-22(7-5-21)12-3-2-11(13(16)14(12)17)10-19-20-15(18)24/h2-3,10H,4-9H2,1H3,(H3,18,20,24). The van der Waals surface area contributed by atoms with Crippen LogP contribution in [0.1, 0.15) is 5.56 Å². The molecule has 0 atom stereocenters. The Morgan fingerprint density at radius 2 is 2.04 bits per heavy atom. The largest absolute Gasteiger partial charge is 0.383 e. The van der Waals surface area contributed by atoms with E-state index in [0.717, 1.165) is 25.8 Å². The Balaban J connectivity index is 2.03. The molecule has 0 saturated carbocycles. The van der Waals surface area contributed by atoms with Crippen molar-refractivity contribution in [1.29, 1.82) is 0 Å². The number of hydrogen-bond donors (Lipinski definition) is 2. The first-order valence-corrected chi connectivity index (χ1v) is 7.96. The van der Waals surface area contributed by atoms with Crippen LogP contribution in [-0.2, 0) is 4.74 Å². The topological polar surface area (TPSA) is 66.1 Å². The van der Waals surface area contributed by atoms with E-state index in [1.54, 1.807) is 13.2 Å². The van der Waals surface area contributed by atoms with E-state index in [4.69, 9.17) is 10.5 Å². The van der Waals surface area contributed by atoms with Crippen molar-refractivity contribution in [3.8, 4) is 0 Å². The van der Waals surface area contributed by atoms with E-state index in [9.17, 15) is 8.78 Å². The Kier molecular flexibility index (Phi) is 6.83. The third-order valence-electron chi connectivity index (χ3n) is 3.79. The maximum absolute atomic E-state index is 14.3. The highest BCUT2D eigenvalue weighted by molar-refractivity contribution is 7.80. The molecular weight excluding hydrogens is 336 g/mol. The molecule has 1 aromatic carbocycles. The molecule has 0 radical (unpaired) electrons. The molecule has 1 saturated heterocycles. The summed E-state index contributed by atoms with van der Waals surface area (Å²) in [5.41, 5.74) is 7.80. The Hall–Kier alpha value is -1.84. The quantitative estimate of drug-likeness (QED) is 0.448. The highest BCUT2D eigenvalue weighted by Crippen LogP contribution is 2.24. The third-order valence-corrected chi connectivity index (χ3v) is 3.89. The van der Waals surface area contributed by atoms with E-state index in [1.165, 1.54) is 6.07 Å². The van der Waals surface area contributed by atoms with Gasteiger partial charge in [-0.3, -0.25) is 10.3 Å². The Morgan fingerprint density at radius 1 is 1.33 bits per heavy atom. The second-order valence-corrected chi connectivity index (χ2v) is 5.80. The number of benzene rings is 1. The SMILES string of the molecule is COCCN1CCN(c2ccc(C=NNC(N)=S)c(F)c2F)CC1. The van der Waals surface area contributed by atoms with Gasteiger partial charge in [0.15, 0.2) is 16.7 Å². The van der Waals surface area contributed by atoms with Gasteiger partial charge in [-0.25, -0.2) is 8.78 Å². The van der Waals surface area contributed by atoms with Crippen LogP contribution in [0, 0.1) is 11.6 Å². The summed E-state index contributed by atoms with van der Waals surface area (Å²) in [6.45, 7) is 4.34. The minimum absolute atomic E-state index is 0.0266. The van der Waals surface area contributed by atoms with Gasteiger partial charge in [-0.15, -0.1) is 0 Å². The first-order chi connectivity index (χ1) is 11.5. The van der Waals surface area contributed by atoms with Crippen LogP contribution < -0.4 is 16.1 Å². The zero-order chi connectivity index (χ0) is 17.5. The second-order valence-electron chi connectivity index (χ2n) is 5.36. The molecule has 1 aromatic rings. The van der Waals surface area contributed by atoms with Crippen LogP contribution in [0.5, 0.6) is 0 Å². The molecule has 132 valence electrons. The molecule has 0 amide bonds. The molecule has 0 unspecified atom stereocenters. The smallest absolute Gasteiger partial charge is 0.184 e. The molecule has 0 bridgehead atoms. The molecule has 24 heavy (non-hydrogen) atoms. The van der Waals surface area contributed by atoms with Gasteiger partial charge in [-0.2, -0.15) is 5.10 Å². The fraction of sp³-hybridized carbons (Fsp3) is 0.467. The number of ether oxygens (including phenoxy) is 1. The molecule has 1 aliphatic heterocycles. The van der Waals surface area contributed by atoms with Crippen LogP contribution in [-0.4, -0.2) is 62.7 Å². The minimum atomic E-state index is -0.942. The number of nitrogens with one attached hydrogen (secondary N) is 1. The van der Waals surface area contributed by atoms with Crippen molar-refractivity contribution in [2.75, 3.05) is 51.3 Å². The summed E-state index contributed by atoms with van der Waals surface area (Å²) in [6, 6.07) is 3.04. The number of hydrazone groups is 1. The molecule has 0 spiro atoms. The number of thiocarbonyl (C=S) groups is 1. The summed E-state index contributed by atoms with van der Waals surface area (Å²) < 4.78 is 33.6. The number of piperazine rings is 1. The van der Waals surface area contributed by atoms with Crippen LogP contribution in [0.4, 0.5) is 14.5 Å². The highest BCUT2D eigenvalue weighted by Gasteiger charge is 2.22. The van der Waals surface area contributed by atoms with Gasteiger partial charge in [0, 0.05) is 45.4 Å². The van der Waals surface area contributed by atoms with Gasteiger partial charge in [0.25, 0.3) is 0 Å². The number of anilines is 1. The summed E-state index contributed by atoms with van der Waals surface area (Å²) >= 11 is 4.58. The van der Waals surface area contributed by atoms with E-state index < -0.39 is 11.6 Å². The summed E-state index contributed by atoms with van der Waals surface area (Å²) in [5, 5.41) is 3.60. The van der Waals surface area contributed by atoms with Gasteiger partial charge in [-0.05, 0) is 24.4 Å². The number of nitrogens with two attached hydrogens (primary N) is 1. The third kappa shape index (κ3) is 4.83. The van der Waals surface area contributed by atoms with Crippen molar-refractivity contribution in [1.82, 2.24) is 10.3 Å². The van der Waals surface area contributed by atoms with E-state index in [-0.39, 0.29) is 16.4 Å². The van der Waals surface area contributed by atoms with Crippen LogP contribution in [0.2, 0.25) is 0 Å². The van der Waals surface area contributed by atoms with Crippen molar-refractivity contribution in [3.05, 3.63) is 29.3 Å². The molecule has 1 fully saturated rings. The van der Waals surface area contributed by atoms with E-state index in [1.807, 2.05) is 4.90 Å². The predicted molar refractivity (Wildman–Crippen MR) is 94.4 cm³/mol. The lowest BCUT2D eigenvalue weighted by atomic mass is 10.1. The maximum atomic E-state index is 14.3. The van der Waals surface area contributed by atoms with Crippen LogP contribution >= 0.6 is 12.2 Å². The van der Waals surface area contributed by atoms with Crippen molar-refractivity contribution in [2.45, 2.75) is 0 Å². The van der Waals surface area contributed by atoms with Crippen LogP contribution in [0.3, 0.4) is 0 Å². The molecule has 6 nitrogen and oxygen atoms in total. The second kappa shape index (κ2) is 8.86. The fourth-order valence-corrected chi connectivity index (χ4v) is 2.55. The molecule has 1 aliphatic rings.